The summed E-state index contributed by atoms with van der Waals surface area (Å²) in [4.78, 5) is 1.32. The molecule has 0 aromatic heterocycles. The lowest BCUT2D eigenvalue weighted by Gasteiger charge is -2.33. The molecule has 0 aliphatic carbocycles. The smallest absolute Gasteiger partial charge is 0.207 e. The number of nitrogens with zero attached hydrogens (tertiary/aromatic N) is 4. The molecule has 12 nitrogen and oxygen atoms in total. The van der Waals surface area contributed by atoms with Crippen LogP contribution in [0.1, 0.15) is 118 Å². The molecule has 0 spiro atoms. The van der Waals surface area contributed by atoms with Gasteiger partial charge in [-0.15, -0.1) is 0 Å². The predicted molar refractivity (Wildman–Crippen MR) is 282 cm³/mol. The highest BCUT2D eigenvalue weighted by atomic mass is 32.2. The minimum absolute atomic E-state index is 0.119. The largest absolute Gasteiger partial charge is 0.243 e. The Hall–Kier alpha value is -3.48. The molecule has 386 valence electrons. The van der Waals surface area contributed by atoms with E-state index in [0.717, 1.165) is 44.5 Å². The Balaban J connectivity index is 1.16. The fourth-order valence-corrected chi connectivity index (χ4v) is 19.2. The van der Waals surface area contributed by atoms with Gasteiger partial charge in [-0.2, -0.15) is 17.2 Å². The van der Waals surface area contributed by atoms with Crippen molar-refractivity contribution in [3.8, 4) is 0 Å². The molecule has 2 saturated heterocycles. The monoisotopic (exact) mass is 1040 g/mol. The van der Waals surface area contributed by atoms with Crippen molar-refractivity contribution in [2.24, 2.45) is 11.8 Å². The summed E-state index contributed by atoms with van der Waals surface area (Å²) in [5.74, 6) is 0.239. The van der Waals surface area contributed by atoms with E-state index in [1.165, 1.54) is 0 Å². The molecule has 2 heterocycles. The van der Waals surface area contributed by atoms with Gasteiger partial charge in [0.05, 0.1) is 19.6 Å². The van der Waals surface area contributed by atoms with Gasteiger partial charge in [-0.3, -0.25) is 0 Å². The number of unbranched alkanes of at least 4 members (excludes halogenated alkanes) is 1. The third-order valence-electron chi connectivity index (χ3n) is 14.6. The molecular formula is C54H78N4O8S4. The van der Waals surface area contributed by atoms with Gasteiger partial charge in [0.15, 0.2) is 0 Å². The van der Waals surface area contributed by atoms with Crippen molar-refractivity contribution in [3.05, 3.63) is 115 Å². The maximum atomic E-state index is 14.7. The van der Waals surface area contributed by atoms with E-state index in [2.05, 4.69) is 0 Å². The predicted octanol–water partition coefficient (Wildman–Crippen LogP) is 9.83. The second-order valence-corrected chi connectivity index (χ2v) is 28.2. The first-order valence-corrected chi connectivity index (χ1v) is 30.7. The van der Waals surface area contributed by atoms with Crippen LogP contribution in [0.15, 0.2) is 68.1 Å². The molecule has 0 bridgehead atoms. The standard InChI is InChI=1S/C54H78N4O8S4/c1-37-29-41(5)51(42(6)30-37)67(59,60)55(23-15-49-17-25-57(26-18-49)69(63,64)53-45(9)33-39(3)34-46(53)10)21-13-14-22-56(68(61,62)52-43(7)31-38(2)32-44(52)8)24-16-50-19-27-58(28-20-50)70(65,66)54-47(11)35-40(4)36-48(54)12/h29-36,49-50H,13-28H2,1-12H3. The third-order valence-corrected chi connectivity index (χ3v) is 23.4. The molecule has 2 aliphatic rings. The summed E-state index contributed by atoms with van der Waals surface area (Å²) in [6.45, 7) is 24.8. The molecule has 4 aromatic carbocycles. The summed E-state index contributed by atoms with van der Waals surface area (Å²) in [7, 11) is -15.3. The van der Waals surface area contributed by atoms with Crippen LogP contribution in [0, 0.1) is 94.9 Å². The topological polar surface area (TPSA) is 150 Å². The molecular weight excluding hydrogens is 961 g/mol. The number of benzene rings is 4. The van der Waals surface area contributed by atoms with Crippen LogP contribution < -0.4 is 0 Å². The number of hydrogen-bond donors (Lipinski definition) is 0. The zero-order chi connectivity index (χ0) is 51.7. The second-order valence-electron chi connectivity index (χ2n) is 20.7. The summed E-state index contributed by atoms with van der Waals surface area (Å²) < 4.78 is 121. The Morgan fingerprint density at radius 2 is 0.600 bits per heavy atom. The Morgan fingerprint density at radius 3 is 0.843 bits per heavy atom. The SMILES string of the molecule is Cc1cc(C)c(S(=O)(=O)N(CCCCN(CCC2CCN(S(=O)(=O)c3c(C)cc(C)cc3C)CC2)S(=O)(=O)c2c(C)cc(C)cc2C)CCC2CCN(S(=O)(=O)c3c(C)cc(C)cc3C)CC2)c(C)c1. The zero-order valence-corrected chi connectivity index (χ0v) is 47.0. The first-order valence-electron chi connectivity index (χ1n) is 25.0. The lowest BCUT2D eigenvalue weighted by atomic mass is 9.94. The van der Waals surface area contributed by atoms with Crippen molar-refractivity contribution in [3.63, 3.8) is 0 Å². The lowest BCUT2D eigenvalue weighted by molar-refractivity contribution is 0.243. The van der Waals surface area contributed by atoms with Crippen molar-refractivity contribution in [1.82, 2.24) is 17.2 Å². The van der Waals surface area contributed by atoms with E-state index in [4.69, 9.17) is 0 Å². The van der Waals surface area contributed by atoms with Gasteiger partial charge in [0.25, 0.3) is 0 Å². The number of sulfonamides is 4. The first-order chi connectivity index (χ1) is 32.7. The number of aryl methyl sites for hydroxylation is 12. The van der Waals surface area contributed by atoms with E-state index in [9.17, 15) is 33.7 Å². The molecule has 16 heteroatoms. The Morgan fingerprint density at radius 1 is 0.371 bits per heavy atom. The van der Waals surface area contributed by atoms with Gasteiger partial charge < -0.3 is 0 Å². The van der Waals surface area contributed by atoms with Crippen molar-refractivity contribution in [2.75, 3.05) is 52.4 Å². The molecule has 6 rings (SSSR count). The molecule has 0 saturated carbocycles. The summed E-state index contributed by atoms with van der Waals surface area (Å²) in [6.07, 6.45) is 4.43. The summed E-state index contributed by atoms with van der Waals surface area (Å²) in [5.41, 5.74) is 9.61. The fourth-order valence-electron chi connectivity index (χ4n) is 11.6. The lowest BCUT2D eigenvalue weighted by Crippen LogP contribution is -2.41. The second kappa shape index (κ2) is 22.3. The van der Waals surface area contributed by atoms with E-state index < -0.39 is 40.1 Å². The number of piperidine rings is 2. The maximum Gasteiger partial charge on any atom is 0.243 e. The summed E-state index contributed by atoms with van der Waals surface area (Å²) >= 11 is 0. The first kappa shape index (κ1) is 55.8. The zero-order valence-electron chi connectivity index (χ0n) is 43.8. The van der Waals surface area contributed by atoms with Crippen LogP contribution in [0.3, 0.4) is 0 Å². The van der Waals surface area contributed by atoms with Crippen molar-refractivity contribution < 1.29 is 33.7 Å². The van der Waals surface area contributed by atoms with Gasteiger partial charge in [0, 0.05) is 52.4 Å². The van der Waals surface area contributed by atoms with Crippen LogP contribution in [0.2, 0.25) is 0 Å². The van der Waals surface area contributed by atoms with E-state index in [1.807, 2.05) is 132 Å². The van der Waals surface area contributed by atoms with Gasteiger partial charge >= 0.3 is 0 Å². The highest BCUT2D eigenvalue weighted by Crippen LogP contribution is 2.34. The summed E-state index contributed by atoms with van der Waals surface area (Å²) in [6, 6.07) is 15.2. The van der Waals surface area contributed by atoms with Gasteiger partial charge in [-0.1, -0.05) is 70.8 Å². The molecule has 2 aliphatic heterocycles. The molecule has 2 fully saturated rings. The number of hydrogen-bond acceptors (Lipinski definition) is 8. The van der Waals surface area contributed by atoms with Crippen LogP contribution in [-0.4, -0.2) is 103 Å². The van der Waals surface area contributed by atoms with Crippen LogP contribution in [0.5, 0.6) is 0 Å². The van der Waals surface area contributed by atoms with Crippen LogP contribution in [0.4, 0.5) is 0 Å². The highest BCUT2D eigenvalue weighted by molar-refractivity contribution is 7.90. The van der Waals surface area contributed by atoms with Gasteiger partial charge in [0.2, 0.25) is 40.1 Å². The van der Waals surface area contributed by atoms with E-state index in [1.54, 1.807) is 17.2 Å². The number of rotatable bonds is 19. The molecule has 70 heavy (non-hydrogen) atoms. The van der Waals surface area contributed by atoms with Crippen molar-refractivity contribution in [1.29, 1.82) is 0 Å². The molecule has 4 aromatic rings. The van der Waals surface area contributed by atoms with E-state index in [0.29, 0.717) is 119 Å². The molecule has 0 N–H and O–H groups in total. The quantitative estimate of drug-likeness (QED) is 0.0843. The molecule has 0 amide bonds. The van der Waals surface area contributed by atoms with Crippen molar-refractivity contribution >= 4 is 40.1 Å². The van der Waals surface area contributed by atoms with Gasteiger partial charge in [-0.05, 0) is 191 Å². The average molecular weight is 1040 g/mol. The van der Waals surface area contributed by atoms with Crippen LogP contribution >= 0.6 is 0 Å². The molecule has 0 radical (unpaired) electrons. The molecule has 0 atom stereocenters. The normalized spacial score (nSPS) is 16.5. The third kappa shape index (κ3) is 12.3. The Labute approximate surface area is 422 Å². The maximum absolute atomic E-state index is 14.7. The fraction of sp³-hybridized carbons (Fsp3) is 0.556. The molecule has 0 unspecified atom stereocenters. The van der Waals surface area contributed by atoms with E-state index in [-0.39, 0.29) is 38.0 Å². The summed E-state index contributed by atoms with van der Waals surface area (Å²) in [5, 5.41) is 0. The minimum Gasteiger partial charge on any atom is -0.207 e. The van der Waals surface area contributed by atoms with Crippen LogP contribution in [-0.2, 0) is 40.1 Å². The minimum atomic E-state index is -3.97. The van der Waals surface area contributed by atoms with Crippen LogP contribution in [0.25, 0.3) is 0 Å². The average Bonchev–Trinajstić information content (AvgIpc) is 3.22. The van der Waals surface area contributed by atoms with Gasteiger partial charge in [0.1, 0.15) is 0 Å². The Kier molecular flexibility index (Phi) is 17.8. The Bertz CT molecular complexity index is 2730. The van der Waals surface area contributed by atoms with E-state index >= 15 is 0 Å². The highest BCUT2D eigenvalue weighted by Gasteiger charge is 2.36. The van der Waals surface area contributed by atoms with Gasteiger partial charge in [-0.25, -0.2) is 33.7 Å². The van der Waals surface area contributed by atoms with Crippen molar-refractivity contribution in [2.45, 2.75) is 154 Å².